The van der Waals surface area contributed by atoms with Crippen LogP contribution in [0.25, 0.3) is 0 Å². The van der Waals surface area contributed by atoms with Crippen LogP contribution < -0.4 is 10.1 Å². The number of benzene rings is 1. The van der Waals surface area contributed by atoms with Crippen molar-refractivity contribution < 1.29 is 4.74 Å². The van der Waals surface area contributed by atoms with E-state index in [1.165, 1.54) is 18.4 Å². The van der Waals surface area contributed by atoms with Crippen molar-refractivity contribution in [2.24, 2.45) is 0 Å². The van der Waals surface area contributed by atoms with Gasteiger partial charge in [0, 0.05) is 6.54 Å². The fraction of sp³-hybridized carbons (Fsp3) is 0.571. The molecule has 0 spiro atoms. The van der Waals surface area contributed by atoms with E-state index in [-0.39, 0.29) is 12.4 Å². The lowest BCUT2D eigenvalue weighted by atomic mass is 9.98. The zero-order valence-electron chi connectivity index (χ0n) is 10.4. The van der Waals surface area contributed by atoms with Crippen LogP contribution in [0.1, 0.15) is 37.7 Å². The summed E-state index contributed by atoms with van der Waals surface area (Å²) < 4.78 is 5.73. The normalized spacial score (nSPS) is 18.8. The highest BCUT2D eigenvalue weighted by atomic mass is 35.5. The standard InChI is InChI=1S/C14H21NO.ClH/c1-2-3-9-16-14-6-4-5-12(10-14)13-7-8-15-11-13;/h4-6,10,13,15H,2-3,7-9,11H2,1H3;1H. The lowest BCUT2D eigenvalue weighted by molar-refractivity contribution is 0.309. The highest BCUT2D eigenvalue weighted by molar-refractivity contribution is 5.85. The predicted molar refractivity (Wildman–Crippen MR) is 74.3 cm³/mol. The maximum Gasteiger partial charge on any atom is 0.119 e. The topological polar surface area (TPSA) is 21.3 Å². The zero-order valence-corrected chi connectivity index (χ0v) is 11.3. The summed E-state index contributed by atoms with van der Waals surface area (Å²) in [6.45, 7) is 5.27. The smallest absolute Gasteiger partial charge is 0.119 e. The molecule has 1 fully saturated rings. The minimum absolute atomic E-state index is 0. The molecular formula is C14H22ClNO. The molecule has 1 aliphatic rings. The van der Waals surface area contributed by atoms with Crippen LogP contribution in [0.5, 0.6) is 5.75 Å². The maximum atomic E-state index is 5.73. The average molecular weight is 256 g/mol. The van der Waals surface area contributed by atoms with Gasteiger partial charge in [-0.25, -0.2) is 0 Å². The Morgan fingerprint density at radius 3 is 3.00 bits per heavy atom. The molecule has 0 radical (unpaired) electrons. The number of unbranched alkanes of at least 4 members (excludes halogenated alkanes) is 1. The quantitative estimate of drug-likeness (QED) is 0.815. The first-order chi connectivity index (χ1) is 7.90. The minimum atomic E-state index is 0. The fourth-order valence-electron chi connectivity index (χ4n) is 2.13. The monoisotopic (exact) mass is 255 g/mol. The summed E-state index contributed by atoms with van der Waals surface area (Å²) >= 11 is 0. The molecule has 1 saturated heterocycles. The van der Waals surface area contributed by atoms with Crippen LogP contribution in [0.2, 0.25) is 0 Å². The van der Waals surface area contributed by atoms with Crippen LogP contribution in [-0.2, 0) is 0 Å². The van der Waals surface area contributed by atoms with E-state index in [1.54, 1.807) is 0 Å². The molecule has 1 aromatic rings. The van der Waals surface area contributed by atoms with Crippen LogP contribution in [0.3, 0.4) is 0 Å². The van der Waals surface area contributed by atoms with Gasteiger partial charge in [-0.15, -0.1) is 12.4 Å². The lowest BCUT2D eigenvalue weighted by Gasteiger charge is -2.11. The Bertz CT molecular complexity index is 324. The van der Waals surface area contributed by atoms with Gasteiger partial charge < -0.3 is 10.1 Å². The van der Waals surface area contributed by atoms with Gasteiger partial charge in [-0.2, -0.15) is 0 Å². The number of nitrogens with one attached hydrogen (secondary N) is 1. The highest BCUT2D eigenvalue weighted by Crippen LogP contribution is 2.25. The molecule has 0 bridgehead atoms. The predicted octanol–water partition coefficient (Wildman–Crippen LogP) is 3.36. The highest BCUT2D eigenvalue weighted by Gasteiger charge is 2.16. The number of hydrogen-bond acceptors (Lipinski definition) is 2. The molecule has 2 rings (SSSR count). The molecule has 1 aromatic carbocycles. The second-order valence-electron chi connectivity index (χ2n) is 4.46. The Labute approximate surface area is 110 Å². The molecule has 17 heavy (non-hydrogen) atoms. The number of rotatable bonds is 5. The summed E-state index contributed by atoms with van der Waals surface area (Å²) in [5, 5.41) is 3.40. The van der Waals surface area contributed by atoms with E-state index in [0.717, 1.165) is 31.9 Å². The second-order valence-corrected chi connectivity index (χ2v) is 4.46. The largest absolute Gasteiger partial charge is 0.494 e. The molecule has 3 heteroatoms. The third-order valence-electron chi connectivity index (χ3n) is 3.16. The molecule has 2 nitrogen and oxygen atoms in total. The third kappa shape index (κ3) is 4.21. The first-order valence-electron chi connectivity index (χ1n) is 6.33. The van der Waals surface area contributed by atoms with Crippen molar-refractivity contribution in [2.45, 2.75) is 32.1 Å². The Hall–Kier alpha value is -0.730. The first-order valence-corrected chi connectivity index (χ1v) is 6.33. The molecule has 0 aromatic heterocycles. The maximum absolute atomic E-state index is 5.73. The SMILES string of the molecule is CCCCOc1cccc(C2CCNC2)c1.Cl. The van der Waals surface area contributed by atoms with Gasteiger partial charge in [0.05, 0.1) is 6.61 Å². The Balaban J connectivity index is 0.00000144. The minimum Gasteiger partial charge on any atom is -0.494 e. The van der Waals surface area contributed by atoms with Gasteiger partial charge >= 0.3 is 0 Å². The summed E-state index contributed by atoms with van der Waals surface area (Å²) in [5.41, 5.74) is 1.42. The van der Waals surface area contributed by atoms with E-state index in [2.05, 4.69) is 36.5 Å². The summed E-state index contributed by atoms with van der Waals surface area (Å²) in [7, 11) is 0. The molecule has 1 unspecified atom stereocenters. The number of ether oxygens (including phenoxy) is 1. The van der Waals surface area contributed by atoms with E-state index in [1.807, 2.05) is 0 Å². The molecule has 0 amide bonds. The second kappa shape index (κ2) is 7.57. The van der Waals surface area contributed by atoms with Gasteiger partial charge in [-0.1, -0.05) is 25.5 Å². The van der Waals surface area contributed by atoms with Crippen molar-refractivity contribution in [1.82, 2.24) is 5.32 Å². The Morgan fingerprint density at radius 2 is 2.29 bits per heavy atom. The molecule has 1 N–H and O–H groups in total. The van der Waals surface area contributed by atoms with Crippen LogP contribution in [0.4, 0.5) is 0 Å². The van der Waals surface area contributed by atoms with Gasteiger partial charge in [0.25, 0.3) is 0 Å². The van der Waals surface area contributed by atoms with Crippen molar-refractivity contribution in [2.75, 3.05) is 19.7 Å². The molecule has 96 valence electrons. The summed E-state index contributed by atoms with van der Waals surface area (Å²) in [4.78, 5) is 0. The fourth-order valence-corrected chi connectivity index (χ4v) is 2.13. The van der Waals surface area contributed by atoms with Gasteiger partial charge in [-0.05, 0) is 43.0 Å². The van der Waals surface area contributed by atoms with E-state index in [4.69, 9.17) is 4.74 Å². The van der Waals surface area contributed by atoms with Crippen molar-refractivity contribution in [3.8, 4) is 5.75 Å². The van der Waals surface area contributed by atoms with E-state index >= 15 is 0 Å². The van der Waals surface area contributed by atoms with Gasteiger partial charge in [0.15, 0.2) is 0 Å². The van der Waals surface area contributed by atoms with Gasteiger partial charge in [-0.3, -0.25) is 0 Å². The molecule has 1 aliphatic heterocycles. The molecule has 1 atom stereocenters. The van der Waals surface area contributed by atoms with Crippen LogP contribution in [0.15, 0.2) is 24.3 Å². The Kier molecular flexibility index (Phi) is 6.38. The molecule has 0 saturated carbocycles. The van der Waals surface area contributed by atoms with Crippen LogP contribution >= 0.6 is 12.4 Å². The van der Waals surface area contributed by atoms with E-state index in [9.17, 15) is 0 Å². The van der Waals surface area contributed by atoms with E-state index < -0.39 is 0 Å². The van der Waals surface area contributed by atoms with E-state index in [0.29, 0.717) is 5.92 Å². The number of halogens is 1. The van der Waals surface area contributed by atoms with Crippen molar-refractivity contribution in [3.63, 3.8) is 0 Å². The van der Waals surface area contributed by atoms with Crippen LogP contribution in [-0.4, -0.2) is 19.7 Å². The number of hydrogen-bond donors (Lipinski definition) is 1. The van der Waals surface area contributed by atoms with Gasteiger partial charge in [0.1, 0.15) is 5.75 Å². The molecule has 1 heterocycles. The van der Waals surface area contributed by atoms with Crippen molar-refractivity contribution >= 4 is 12.4 Å². The summed E-state index contributed by atoms with van der Waals surface area (Å²) in [5.74, 6) is 1.70. The Morgan fingerprint density at radius 1 is 1.41 bits per heavy atom. The first kappa shape index (κ1) is 14.3. The average Bonchev–Trinajstić information content (AvgIpc) is 2.83. The molecular weight excluding hydrogens is 234 g/mol. The van der Waals surface area contributed by atoms with Crippen LogP contribution in [0, 0.1) is 0 Å². The third-order valence-corrected chi connectivity index (χ3v) is 3.16. The lowest BCUT2D eigenvalue weighted by Crippen LogP contribution is -2.08. The summed E-state index contributed by atoms with van der Waals surface area (Å²) in [6, 6.07) is 8.58. The van der Waals surface area contributed by atoms with Gasteiger partial charge in [0.2, 0.25) is 0 Å². The zero-order chi connectivity index (χ0) is 11.2. The molecule has 0 aliphatic carbocycles. The summed E-state index contributed by atoms with van der Waals surface area (Å²) in [6.07, 6.45) is 3.57. The van der Waals surface area contributed by atoms with Crippen molar-refractivity contribution in [1.29, 1.82) is 0 Å². The van der Waals surface area contributed by atoms with Crippen molar-refractivity contribution in [3.05, 3.63) is 29.8 Å².